The summed E-state index contributed by atoms with van der Waals surface area (Å²) >= 11 is 0. The first-order valence-electron chi connectivity index (χ1n) is 7.24. The molecule has 4 heteroatoms. The Morgan fingerprint density at radius 1 is 1.30 bits per heavy atom. The van der Waals surface area contributed by atoms with E-state index < -0.39 is 0 Å². The number of rotatable bonds is 4. The van der Waals surface area contributed by atoms with Gasteiger partial charge >= 0.3 is 0 Å². The lowest BCUT2D eigenvalue weighted by atomic mass is 9.98. The topological polar surface area (TPSA) is 38.8 Å². The molecule has 1 heterocycles. The summed E-state index contributed by atoms with van der Waals surface area (Å²) in [7, 11) is 3.19. The molecule has 0 radical (unpaired) electrons. The Hall–Kier alpha value is -1.71. The van der Waals surface area contributed by atoms with Crippen molar-refractivity contribution in [2.75, 3.05) is 20.8 Å². The maximum absolute atomic E-state index is 12.8. The molecule has 110 valence electrons. The molecule has 1 aromatic carbocycles. The van der Waals surface area contributed by atoms with E-state index in [4.69, 9.17) is 9.47 Å². The van der Waals surface area contributed by atoms with Gasteiger partial charge in [-0.1, -0.05) is 6.92 Å². The third-order valence-electron chi connectivity index (χ3n) is 4.00. The highest BCUT2D eigenvalue weighted by molar-refractivity contribution is 5.97. The van der Waals surface area contributed by atoms with E-state index in [1.54, 1.807) is 32.4 Å². The SMILES string of the molecule is CC[C@@H]1CCCCN1C(=O)c1ccc(OC)cc1OC. The molecule has 20 heavy (non-hydrogen) atoms. The highest BCUT2D eigenvalue weighted by Gasteiger charge is 2.27. The van der Waals surface area contributed by atoms with Gasteiger partial charge in [-0.15, -0.1) is 0 Å². The molecule has 0 aromatic heterocycles. The van der Waals surface area contributed by atoms with Crippen molar-refractivity contribution in [1.29, 1.82) is 0 Å². The fourth-order valence-electron chi connectivity index (χ4n) is 2.82. The number of hydrogen-bond donors (Lipinski definition) is 0. The van der Waals surface area contributed by atoms with Gasteiger partial charge in [-0.25, -0.2) is 0 Å². The number of piperidine rings is 1. The van der Waals surface area contributed by atoms with Crippen LogP contribution in [0.5, 0.6) is 11.5 Å². The molecule has 1 atom stereocenters. The van der Waals surface area contributed by atoms with Crippen LogP contribution in [0.1, 0.15) is 43.0 Å². The number of likely N-dealkylation sites (tertiary alicyclic amines) is 1. The molecule has 4 nitrogen and oxygen atoms in total. The summed E-state index contributed by atoms with van der Waals surface area (Å²) in [5, 5.41) is 0. The van der Waals surface area contributed by atoms with Crippen LogP contribution in [0, 0.1) is 0 Å². The quantitative estimate of drug-likeness (QED) is 0.849. The van der Waals surface area contributed by atoms with Gasteiger partial charge in [0.05, 0.1) is 19.8 Å². The van der Waals surface area contributed by atoms with Crippen LogP contribution in [0.4, 0.5) is 0 Å². The molecule has 0 bridgehead atoms. The lowest BCUT2D eigenvalue weighted by molar-refractivity contribution is 0.0604. The van der Waals surface area contributed by atoms with Gasteiger partial charge in [-0.3, -0.25) is 4.79 Å². The fraction of sp³-hybridized carbons (Fsp3) is 0.562. The van der Waals surface area contributed by atoms with E-state index in [9.17, 15) is 4.79 Å². The van der Waals surface area contributed by atoms with Crippen molar-refractivity contribution in [3.63, 3.8) is 0 Å². The zero-order valence-corrected chi connectivity index (χ0v) is 12.5. The Bertz CT molecular complexity index is 473. The number of nitrogens with zero attached hydrogens (tertiary/aromatic N) is 1. The highest BCUT2D eigenvalue weighted by atomic mass is 16.5. The minimum atomic E-state index is 0.0658. The second-order valence-corrected chi connectivity index (χ2v) is 5.12. The largest absolute Gasteiger partial charge is 0.497 e. The fourth-order valence-corrected chi connectivity index (χ4v) is 2.82. The molecule has 0 saturated carbocycles. The average Bonchev–Trinajstić information content (AvgIpc) is 2.53. The molecular weight excluding hydrogens is 254 g/mol. The van der Waals surface area contributed by atoms with Gasteiger partial charge in [0.15, 0.2) is 0 Å². The van der Waals surface area contributed by atoms with E-state index in [1.165, 1.54) is 6.42 Å². The summed E-state index contributed by atoms with van der Waals surface area (Å²) in [4.78, 5) is 14.7. The molecule has 2 rings (SSSR count). The molecule has 0 spiro atoms. The first-order chi connectivity index (χ1) is 9.71. The number of carbonyl (C=O) groups excluding carboxylic acids is 1. The number of benzene rings is 1. The zero-order valence-electron chi connectivity index (χ0n) is 12.5. The van der Waals surface area contributed by atoms with E-state index in [0.717, 1.165) is 25.8 Å². The Labute approximate surface area is 120 Å². The summed E-state index contributed by atoms with van der Waals surface area (Å²) in [6.45, 7) is 2.98. The molecule has 0 aliphatic carbocycles. The summed E-state index contributed by atoms with van der Waals surface area (Å²) in [6.07, 6.45) is 4.40. The van der Waals surface area contributed by atoms with Crippen molar-refractivity contribution in [3.05, 3.63) is 23.8 Å². The maximum Gasteiger partial charge on any atom is 0.257 e. The zero-order chi connectivity index (χ0) is 14.5. The summed E-state index contributed by atoms with van der Waals surface area (Å²) in [6, 6.07) is 5.71. The second-order valence-electron chi connectivity index (χ2n) is 5.12. The Morgan fingerprint density at radius 3 is 2.75 bits per heavy atom. The standard InChI is InChI=1S/C16H23NO3/c1-4-12-7-5-6-10-17(12)16(18)14-9-8-13(19-2)11-15(14)20-3/h8-9,11-12H,4-7,10H2,1-3H3/t12-/m1/s1. The Morgan fingerprint density at radius 2 is 2.10 bits per heavy atom. The van der Waals surface area contributed by atoms with Gasteiger partial charge in [0.25, 0.3) is 5.91 Å². The number of ether oxygens (including phenoxy) is 2. The van der Waals surface area contributed by atoms with Crippen molar-refractivity contribution in [1.82, 2.24) is 4.90 Å². The van der Waals surface area contributed by atoms with Gasteiger partial charge < -0.3 is 14.4 Å². The number of carbonyl (C=O) groups is 1. The minimum absolute atomic E-state index is 0.0658. The molecule has 1 saturated heterocycles. The first-order valence-corrected chi connectivity index (χ1v) is 7.24. The smallest absolute Gasteiger partial charge is 0.257 e. The van der Waals surface area contributed by atoms with Crippen LogP contribution >= 0.6 is 0 Å². The first kappa shape index (κ1) is 14.7. The van der Waals surface area contributed by atoms with E-state index >= 15 is 0 Å². The van der Waals surface area contributed by atoms with Crippen LogP contribution in [0.2, 0.25) is 0 Å². The van der Waals surface area contributed by atoms with E-state index in [0.29, 0.717) is 23.1 Å². The molecule has 1 aromatic rings. The van der Waals surface area contributed by atoms with Crippen LogP contribution in [0.15, 0.2) is 18.2 Å². The van der Waals surface area contributed by atoms with Gasteiger partial charge in [0.1, 0.15) is 11.5 Å². The van der Waals surface area contributed by atoms with Gasteiger partial charge in [0.2, 0.25) is 0 Å². The number of methoxy groups -OCH3 is 2. The average molecular weight is 277 g/mol. The monoisotopic (exact) mass is 277 g/mol. The van der Waals surface area contributed by atoms with Crippen LogP contribution < -0.4 is 9.47 Å². The second kappa shape index (κ2) is 6.64. The van der Waals surface area contributed by atoms with Gasteiger partial charge in [-0.05, 0) is 37.8 Å². The van der Waals surface area contributed by atoms with Crippen LogP contribution in [0.25, 0.3) is 0 Å². The molecule has 1 aliphatic rings. The third kappa shape index (κ3) is 2.89. The predicted molar refractivity (Wildman–Crippen MR) is 78.5 cm³/mol. The summed E-state index contributed by atoms with van der Waals surface area (Å²) < 4.78 is 10.5. The molecule has 0 N–H and O–H groups in total. The van der Waals surface area contributed by atoms with Crippen LogP contribution in [-0.2, 0) is 0 Å². The molecule has 1 fully saturated rings. The van der Waals surface area contributed by atoms with Crippen molar-refractivity contribution in [3.8, 4) is 11.5 Å². The van der Waals surface area contributed by atoms with Crippen molar-refractivity contribution in [2.24, 2.45) is 0 Å². The lowest BCUT2D eigenvalue weighted by Crippen LogP contribution is -2.43. The summed E-state index contributed by atoms with van der Waals surface area (Å²) in [5.74, 6) is 1.34. The van der Waals surface area contributed by atoms with Crippen molar-refractivity contribution >= 4 is 5.91 Å². The molecule has 1 aliphatic heterocycles. The van der Waals surface area contributed by atoms with E-state index in [2.05, 4.69) is 6.92 Å². The third-order valence-corrected chi connectivity index (χ3v) is 4.00. The summed E-state index contributed by atoms with van der Waals surface area (Å²) in [5.41, 5.74) is 0.619. The molecular formula is C16H23NO3. The highest BCUT2D eigenvalue weighted by Crippen LogP contribution is 2.28. The van der Waals surface area contributed by atoms with Crippen molar-refractivity contribution in [2.45, 2.75) is 38.6 Å². The molecule has 0 unspecified atom stereocenters. The van der Waals surface area contributed by atoms with Crippen molar-refractivity contribution < 1.29 is 14.3 Å². The minimum Gasteiger partial charge on any atom is -0.497 e. The van der Waals surface area contributed by atoms with Crippen LogP contribution in [-0.4, -0.2) is 37.6 Å². The number of hydrogen-bond acceptors (Lipinski definition) is 3. The van der Waals surface area contributed by atoms with Gasteiger partial charge in [0, 0.05) is 18.7 Å². The Balaban J connectivity index is 2.27. The Kier molecular flexibility index (Phi) is 4.88. The number of amides is 1. The normalized spacial score (nSPS) is 18.8. The lowest BCUT2D eigenvalue weighted by Gasteiger charge is -2.35. The van der Waals surface area contributed by atoms with Gasteiger partial charge in [-0.2, -0.15) is 0 Å². The van der Waals surface area contributed by atoms with E-state index in [1.807, 2.05) is 4.90 Å². The van der Waals surface area contributed by atoms with E-state index in [-0.39, 0.29) is 5.91 Å². The van der Waals surface area contributed by atoms with Crippen LogP contribution in [0.3, 0.4) is 0 Å². The maximum atomic E-state index is 12.8. The predicted octanol–water partition coefficient (Wildman–Crippen LogP) is 3.11. The molecule has 1 amide bonds.